The van der Waals surface area contributed by atoms with E-state index in [1.54, 1.807) is 6.07 Å². The third-order valence-corrected chi connectivity index (χ3v) is 7.62. The summed E-state index contributed by atoms with van der Waals surface area (Å²) in [5, 5.41) is 7.05. The molecule has 0 saturated carbocycles. The molecule has 3 heterocycles. The number of anilines is 1. The van der Waals surface area contributed by atoms with Crippen LogP contribution in [0, 0.1) is 5.82 Å². The minimum absolute atomic E-state index is 0.135. The van der Waals surface area contributed by atoms with Crippen molar-refractivity contribution in [2.45, 2.75) is 70.6 Å². The van der Waals surface area contributed by atoms with Crippen LogP contribution in [0.5, 0.6) is 0 Å². The molecule has 2 N–H and O–H groups in total. The van der Waals surface area contributed by atoms with Crippen LogP contribution in [-0.4, -0.2) is 80.2 Å². The van der Waals surface area contributed by atoms with Gasteiger partial charge in [-0.25, -0.2) is 9.38 Å². The van der Waals surface area contributed by atoms with Crippen LogP contribution in [-0.2, 0) is 6.54 Å². The first-order valence-electron chi connectivity index (χ1n) is 12.6. The predicted molar refractivity (Wildman–Crippen MR) is 131 cm³/mol. The first kappa shape index (κ1) is 23.3. The number of likely N-dealkylation sites (N-methyl/N-ethyl adjacent to an activating group) is 1. The van der Waals surface area contributed by atoms with Gasteiger partial charge in [0.25, 0.3) is 0 Å². The van der Waals surface area contributed by atoms with Crippen LogP contribution in [0.1, 0.15) is 51.5 Å². The molecular formula is C25H41FN6. The zero-order valence-corrected chi connectivity index (χ0v) is 20.1. The Balaban J connectivity index is 1.36. The molecule has 2 unspecified atom stereocenters. The Kier molecular flexibility index (Phi) is 7.89. The smallest absolute Gasteiger partial charge is 0.191 e. The molecule has 1 aromatic carbocycles. The van der Waals surface area contributed by atoms with Gasteiger partial charge in [-0.2, -0.15) is 0 Å². The Bertz CT molecular complexity index is 762. The van der Waals surface area contributed by atoms with Crippen molar-refractivity contribution in [3.05, 3.63) is 29.6 Å². The second-order valence-corrected chi connectivity index (χ2v) is 9.62. The van der Waals surface area contributed by atoms with Gasteiger partial charge in [0, 0.05) is 50.8 Å². The van der Waals surface area contributed by atoms with Gasteiger partial charge in [0.2, 0.25) is 0 Å². The van der Waals surface area contributed by atoms with E-state index in [2.05, 4.69) is 46.2 Å². The largest absolute Gasteiger partial charge is 0.367 e. The van der Waals surface area contributed by atoms with Gasteiger partial charge >= 0.3 is 0 Å². The van der Waals surface area contributed by atoms with Crippen molar-refractivity contribution < 1.29 is 4.39 Å². The highest BCUT2D eigenvalue weighted by Crippen LogP contribution is 2.32. The molecule has 4 rings (SSSR count). The molecule has 3 saturated heterocycles. The van der Waals surface area contributed by atoms with E-state index >= 15 is 0 Å². The van der Waals surface area contributed by atoms with Crippen molar-refractivity contribution in [2.75, 3.05) is 51.2 Å². The highest BCUT2D eigenvalue weighted by atomic mass is 19.1. The Labute approximate surface area is 193 Å². The van der Waals surface area contributed by atoms with E-state index in [-0.39, 0.29) is 5.82 Å². The number of piperidine rings is 2. The second kappa shape index (κ2) is 10.8. The average Bonchev–Trinajstić information content (AvgIpc) is 2.78. The summed E-state index contributed by atoms with van der Waals surface area (Å²) in [5.41, 5.74) is 1.63. The van der Waals surface area contributed by atoms with Gasteiger partial charge < -0.3 is 25.3 Å². The van der Waals surface area contributed by atoms with Gasteiger partial charge in [0.1, 0.15) is 5.82 Å². The summed E-state index contributed by atoms with van der Waals surface area (Å²) in [7, 11) is 2.28. The van der Waals surface area contributed by atoms with Gasteiger partial charge in [-0.1, -0.05) is 19.4 Å². The zero-order valence-electron chi connectivity index (χ0n) is 20.1. The molecule has 3 fully saturated rings. The molecule has 1 aromatic rings. The predicted octanol–water partition coefficient (Wildman–Crippen LogP) is 3.04. The SMILES string of the molecule is CCNC(=NCc1ccc(N2CCN(CC)CC2)c(F)c1)NC1CC2CCCC(C1)N2C. The van der Waals surface area contributed by atoms with E-state index in [9.17, 15) is 4.39 Å². The van der Waals surface area contributed by atoms with Crippen LogP contribution in [0.4, 0.5) is 10.1 Å². The van der Waals surface area contributed by atoms with Gasteiger partial charge in [-0.15, -0.1) is 0 Å². The third kappa shape index (κ3) is 5.54. The van der Waals surface area contributed by atoms with Crippen LogP contribution in [0.2, 0.25) is 0 Å². The summed E-state index contributed by atoms with van der Waals surface area (Å²) in [6.45, 7) is 10.4. The van der Waals surface area contributed by atoms with E-state index in [0.29, 0.717) is 24.7 Å². The number of piperazine rings is 1. The molecule has 0 radical (unpaired) electrons. The summed E-state index contributed by atoms with van der Waals surface area (Å²) in [6.07, 6.45) is 6.31. The molecule has 7 heteroatoms. The number of nitrogens with one attached hydrogen (secondary N) is 2. The van der Waals surface area contributed by atoms with Gasteiger partial charge in [-0.3, -0.25) is 0 Å². The number of guanidine groups is 1. The number of benzene rings is 1. The standard InChI is InChI=1S/C25H41FN6/c1-4-27-25(29-20-16-21-7-6-8-22(17-20)30(21)3)28-18-19-9-10-24(23(26)15-19)32-13-11-31(5-2)12-14-32/h9-10,15,20-22H,4-8,11-14,16-18H2,1-3H3,(H2,27,28,29). The lowest BCUT2D eigenvalue weighted by Crippen LogP contribution is -2.56. The molecule has 0 aliphatic carbocycles. The molecule has 0 spiro atoms. The lowest BCUT2D eigenvalue weighted by atomic mass is 9.82. The number of aliphatic imine (C=N–C) groups is 1. The first-order chi connectivity index (χ1) is 15.6. The van der Waals surface area contributed by atoms with E-state index in [0.717, 1.165) is 56.5 Å². The Morgan fingerprint density at radius 2 is 1.81 bits per heavy atom. The van der Waals surface area contributed by atoms with Crippen molar-refractivity contribution >= 4 is 11.6 Å². The zero-order chi connectivity index (χ0) is 22.5. The molecule has 178 valence electrons. The van der Waals surface area contributed by atoms with Crippen molar-refractivity contribution in [3.63, 3.8) is 0 Å². The van der Waals surface area contributed by atoms with E-state index < -0.39 is 0 Å². The lowest BCUT2D eigenvalue weighted by molar-refractivity contribution is 0.0526. The van der Waals surface area contributed by atoms with Crippen LogP contribution in [0.3, 0.4) is 0 Å². The highest BCUT2D eigenvalue weighted by Gasteiger charge is 2.36. The number of halogens is 1. The maximum absolute atomic E-state index is 14.9. The Morgan fingerprint density at radius 1 is 1.09 bits per heavy atom. The summed E-state index contributed by atoms with van der Waals surface area (Å²) in [5.74, 6) is 0.712. The van der Waals surface area contributed by atoms with Crippen LogP contribution < -0.4 is 15.5 Å². The monoisotopic (exact) mass is 444 g/mol. The number of rotatable bonds is 6. The Hall–Kier alpha value is -1.86. The molecule has 3 aliphatic heterocycles. The maximum atomic E-state index is 14.9. The summed E-state index contributed by atoms with van der Waals surface area (Å²) in [4.78, 5) is 11.9. The van der Waals surface area contributed by atoms with Crippen molar-refractivity contribution in [2.24, 2.45) is 4.99 Å². The summed E-state index contributed by atoms with van der Waals surface area (Å²) < 4.78 is 14.9. The normalized spacial score (nSPS) is 27.4. The van der Waals surface area contributed by atoms with Crippen molar-refractivity contribution in [1.29, 1.82) is 0 Å². The minimum atomic E-state index is -0.135. The number of hydrogen-bond donors (Lipinski definition) is 2. The average molecular weight is 445 g/mol. The van der Waals surface area contributed by atoms with Gasteiger partial charge in [0.05, 0.1) is 12.2 Å². The first-order valence-corrected chi connectivity index (χ1v) is 12.6. The number of fused-ring (bicyclic) bond motifs is 2. The minimum Gasteiger partial charge on any atom is -0.367 e. The molecular weight excluding hydrogens is 403 g/mol. The maximum Gasteiger partial charge on any atom is 0.191 e. The van der Waals surface area contributed by atoms with Crippen LogP contribution in [0.15, 0.2) is 23.2 Å². The fourth-order valence-corrected chi connectivity index (χ4v) is 5.63. The molecule has 0 aromatic heterocycles. The molecule has 3 aliphatic rings. The van der Waals surface area contributed by atoms with E-state index in [4.69, 9.17) is 4.99 Å². The fourth-order valence-electron chi connectivity index (χ4n) is 5.63. The fraction of sp³-hybridized carbons (Fsp3) is 0.720. The molecule has 32 heavy (non-hydrogen) atoms. The summed E-state index contributed by atoms with van der Waals surface area (Å²) in [6, 6.07) is 7.44. The molecule has 0 amide bonds. The molecule has 6 nitrogen and oxygen atoms in total. The van der Waals surface area contributed by atoms with Gasteiger partial charge in [0.15, 0.2) is 5.96 Å². The Morgan fingerprint density at radius 3 is 2.44 bits per heavy atom. The lowest BCUT2D eigenvalue weighted by Gasteiger charge is -2.47. The van der Waals surface area contributed by atoms with Crippen LogP contribution in [0.25, 0.3) is 0 Å². The van der Waals surface area contributed by atoms with Gasteiger partial charge in [-0.05, 0) is 63.9 Å². The van der Waals surface area contributed by atoms with Crippen molar-refractivity contribution in [1.82, 2.24) is 20.4 Å². The second-order valence-electron chi connectivity index (χ2n) is 9.62. The summed E-state index contributed by atoms with van der Waals surface area (Å²) >= 11 is 0. The van der Waals surface area contributed by atoms with Crippen LogP contribution >= 0.6 is 0 Å². The third-order valence-electron chi connectivity index (χ3n) is 7.62. The number of hydrogen-bond acceptors (Lipinski definition) is 4. The van der Waals surface area contributed by atoms with Crippen molar-refractivity contribution in [3.8, 4) is 0 Å². The molecule has 2 bridgehead atoms. The topological polar surface area (TPSA) is 46.1 Å². The quantitative estimate of drug-likeness (QED) is 0.522. The molecule has 2 atom stereocenters. The van der Waals surface area contributed by atoms with E-state index in [1.807, 2.05) is 12.1 Å². The highest BCUT2D eigenvalue weighted by molar-refractivity contribution is 5.80. The number of nitrogens with zero attached hydrogens (tertiary/aromatic N) is 4. The van der Waals surface area contributed by atoms with E-state index in [1.165, 1.54) is 32.1 Å².